The fourth-order valence-electron chi connectivity index (χ4n) is 2.43. The van der Waals surface area contributed by atoms with E-state index in [0.717, 1.165) is 5.69 Å². The van der Waals surface area contributed by atoms with Crippen LogP contribution in [-0.4, -0.2) is 31.5 Å². The summed E-state index contributed by atoms with van der Waals surface area (Å²) in [6.07, 6.45) is 0. The van der Waals surface area contributed by atoms with E-state index in [1.807, 2.05) is 24.3 Å². The van der Waals surface area contributed by atoms with Gasteiger partial charge in [0.05, 0.1) is 12.6 Å². The highest BCUT2D eigenvalue weighted by Crippen LogP contribution is 2.18. The number of aliphatic imine (C=N–C) groups is 1. The molecule has 122 valence electrons. The van der Waals surface area contributed by atoms with Crippen molar-refractivity contribution in [2.75, 3.05) is 26.0 Å². The smallest absolute Gasteiger partial charge is 0.193 e. The highest BCUT2D eigenvalue weighted by atomic mass is 15.1. The average molecular weight is 310 g/mol. The van der Waals surface area contributed by atoms with Gasteiger partial charge in [0.15, 0.2) is 5.96 Å². The monoisotopic (exact) mass is 310 g/mol. The van der Waals surface area contributed by atoms with Gasteiger partial charge in [-0.15, -0.1) is 0 Å². The van der Waals surface area contributed by atoms with Crippen LogP contribution in [0.25, 0.3) is 0 Å². The van der Waals surface area contributed by atoms with Gasteiger partial charge >= 0.3 is 0 Å². The third-order valence-electron chi connectivity index (χ3n) is 4.02. The van der Waals surface area contributed by atoms with Crippen molar-refractivity contribution in [1.82, 2.24) is 4.90 Å². The first-order valence-corrected chi connectivity index (χ1v) is 7.83. The van der Waals surface area contributed by atoms with E-state index in [2.05, 4.69) is 67.4 Å². The van der Waals surface area contributed by atoms with E-state index in [-0.39, 0.29) is 6.04 Å². The van der Waals surface area contributed by atoms with E-state index in [1.165, 1.54) is 16.7 Å². The number of hydrogen-bond acceptors (Lipinski definition) is 2. The molecule has 0 aliphatic heterocycles. The SMILES string of the molecule is Cc1ccc(NC(N)=NCC(c2ccccc2)N(C)C)cc1C. The molecule has 0 aliphatic carbocycles. The van der Waals surface area contributed by atoms with Crippen LogP contribution in [0.15, 0.2) is 53.5 Å². The van der Waals surface area contributed by atoms with Gasteiger partial charge in [0.1, 0.15) is 0 Å². The zero-order valence-electron chi connectivity index (χ0n) is 14.4. The number of anilines is 1. The summed E-state index contributed by atoms with van der Waals surface area (Å²) in [5.74, 6) is 0.441. The van der Waals surface area contributed by atoms with Crippen LogP contribution in [0.5, 0.6) is 0 Å². The molecule has 0 aliphatic rings. The van der Waals surface area contributed by atoms with Gasteiger partial charge in [-0.25, -0.2) is 0 Å². The Balaban J connectivity index is 2.06. The molecule has 4 heteroatoms. The summed E-state index contributed by atoms with van der Waals surface area (Å²) in [5.41, 5.74) is 10.7. The molecular formula is C19H26N4. The highest BCUT2D eigenvalue weighted by Gasteiger charge is 2.13. The molecule has 2 aromatic carbocycles. The predicted molar refractivity (Wildman–Crippen MR) is 98.9 cm³/mol. The van der Waals surface area contributed by atoms with Gasteiger partial charge in [-0.3, -0.25) is 4.99 Å². The first kappa shape index (κ1) is 17.0. The van der Waals surface area contributed by atoms with Crippen LogP contribution < -0.4 is 11.1 Å². The molecule has 0 fully saturated rings. The van der Waals surface area contributed by atoms with Gasteiger partial charge in [-0.1, -0.05) is 36.4 Å². The van der Waals surface area contributed by atoms with E-state index in [4.69, 9.17) is 5.73 Å². The number of nitrogens with zero attached hydrogens (tertiary/aromatic N) is 2. The minimum Gasteiger partial charge on any atom is -0.370 e. The van der Waals surface area contributed by atoms with Crippen molar-refractivity contribution in [3.8, 4) is 0 Å². The Bertz CT molecular complexity index is 662. The third-order valence-corrected chi connectivity index (χ3v) is 4.02. The maximum Gasteiger partial charge on any atom is 0.193 e. The second kappa shape index (κ2) is 7.79. The van der Waals surface area contributed by atoms with Crippen LogP contribution in [0.4, 0.5) is 5.69 Å². The lowest BCUT2D eigenvalue weighted by atomic mass is 10.1. The highest BCUT2D eigenvalue weighted by molar-refractivity contribution is 5.92. The summed E-state index contributed by atoms with van der Waals surface area (Å²) in [6, 6.07) is 16.7. The summed E-state index contributed by atoms with van der Waals surface area (Å²) >= 11 is 0. The van der Waals surface area contributed by atoms with Crippen molar-refractivity contribution in [3.05, 3.63) is 65.2 Å². The zero-order chi connectivity index (χ0) is 16.8. The molecule has 0 heterocycles. The average Bonchev–Trinajstić information content (AvgIpc) is 2.52. The molecule has 4 nitrogen and oxygen atoms in total. The number of nitrogens with one attached hydrogen (secondary N) is 1. The van der Waals surface area contributed by atoms with Crippen molar-refractivity contribution in [2.24, 2.45) is 10.7 Å². The van der Waals surface area contributed by atoms with E-state index < -0.39 is 0 Å². The van der Waals surface area contributed by atoms with Crippen molar-refractivity contribution in [2.45, 2.75) is 19.9 Å². The predicted octanol–water partition coefficient (Wildman–Crippen LogP) is 3.33. The Morgan fingerprint density at radius 2 is 1.78 bits per heavy atom. The van der Waals surface area contributed by atoms with Gasteiger partial charge in [0.2, 0.25) is 0 Å². The van der Waals surface area contributed by atoms with E-state index in [1.54, 1.807) is 0 Å². The molecule has 2 aromatic rings. The van der Waals surface area contributed by atoms with Crippen LogP contribution >= 0.6 is 0 Å². The van der Waals surface area contributed by atoms with Crippen LogP contribution in [0, 0.1) is 13.8 Å². The lowest BCUT2D eigenvalue weighted by Gasteiger charge is -2.23. The summed E-state index contributed by atoms with van der Waals surface area (Å²) < 4.78 is 0. The van der Waals surface area contributed by atoms with Gasteiger partial charge in [0, 0.05) is 5.69 Å². The molecule has 0 saturated heterocycles. The maximum atomic E-state index is 6.04. The topological polar surface area (TPSA) is 53.6 Å². The largest absolute Gasteiger partial charge is 0.370 e. The first-order valence-electron chi connectivity index (χ1n) is 7.83. The summed E-state index contributed by atoms with van der Waals surface area (Å²) in [7, 11) is 4.11. The van der Waals surface area contributed by atoms with Gasteiger partial charge in [0.25, 0.3) is 0 Å². The molecule has 0 spiro atoms. The van der Waals surface area contributed by atoms with E-state index in [9.17, 15) is 0 Å². The number of hydrogen-bond donors (Lipinski definition) is 2. The first-order chi connectivity index (χ1) is 11.0. The number of guanidine groups is 1. The van der Waals surface area contributed by atoms with Crippen molar-refractivity contribution < 1.29 is 0 Å². The molecule has 23 heavy (non-hydrogen) atoms. The van der Waals surface area contributed by atoms with Crippen molar-refractivity contribution >= 4 is 11.6 Å². The molecule has 2 rings (SSSR count). The van der Waals surface area contributed by atoms with Gasteiger partial charge < -0.3 is 16.0 Å². The Morgan fingerprint density at radius 1 is 1.09 bits per heavy atom. The lowest BCUT2D eigenvalue weighted by Crippen LogP contribution is -2.27. The quantitative estimate of drug-likeness (QED) is 0.658. The van der Waals surface area contributed by atoms with Crippen molar-refractivity contribution in [3.63, 3.8) is 0 Å². The third kappa shape index (κ3) is 4.83. The summed E-state index contributed by atoms with van der Waals surface area (Å²) in [6.45, 7) is 4.80. The van der Waals surface area contributed by atoms with Crippen LogP contribution in [0.3, 0.4) is 0 Å². The molecule has 1 unspecified atom stereocenters. The Hall–Kier alpha value is -2.33. The number of likely N-dealkylation sites (N-methyl/N-ethyl adjacent to an activating group) is 1. The fourth-order valence-corrected chi connectivity index (χ4v) is 2.43. The lowest BCUT2D eigenvalue weighted by molar-refractivity contribution is 0.306. The standard InChI is InChI=1S/C19H26N4/c1-14-10-11-17(12-15(14)2)22-19(20)21-13-18(23(3)4)16-8-6-5-7-9-16/h5-12,18H,13H2,1-4H3,(H3,20,21,22). The van der Waals surface area contributed by atoms with E-state index >= 15 is 0 Å². The molecule has 0 saturated carbocycles. The summed E-state index contributed by atoms with van der Waals surface area (Å²) in [5, 5.41) is 3.16. The molecule has 1 atom stereocenters. The molecule has 0 aromatic heterocycles. The Labute approximate surface area is 139 Å². The van der Waals surface area contributed by atoms with E-state index in [0.29, 0.717) is 12.5 Å². The van der Waals surface area contributed by atoms with Crippen LogP contribution in [-0.2, 0) is 0 Å². The molecule has 0 radical (unpaired) electrons. The van der Waals surface area contributed by atoms with Gasteiger partial charge in [-0.05, 0) is 56.8 Å². The molecule has 3 N–H and O–H groups in total. The Morgan fingerprint density at radius 3 is 2.39 bits per heavy atom. The number of benzene rings is 2. The minimum absolute atomic E-state index is 0.205. The Kier molecular flexibility index (Phi) is 5.77. The number of nitrogens with two attached hydrogens (primary N) is 1. The van der Waals surface area contributed by atoms with Crippen molar-refractivity contribution in [1.29, 1.82) is 0 Å². The maximum absolute atomic E-state index is 6.04. The van der Waals surface area contributed by atoms with Crippen LogP contribution in [0.1, 0.15) is 22.7 Å². The second-order valence-electron chi connectivity index (χ2n) is 6.04. The second-order valence-corrected chi connectivity index (χ2v) is 6.04. The fraction of sp³-hybridized carbons (Fsp3) is 0.316. The summed E-state index contributed by atoms with van der Waals surface area (Å²) in [4.78, 5) is 6.67. The normalized spacial score (nSPS) is 13.2. The molecular weight excluding hydrogens is 284 g/mol. The molecule has 0 bridgehead atoms. The number of aryl methyl sites for hydroxylation is 2. The van der Waals surface area contributed by atoms with Gasteiger partial charge in [-0.2, -0.15) is 0 Å². The zero-order valence-corrected chi connectivity index (χ0v) is 14.4. The van der Waals surface area contributed by atoms with Crippen LogP contribution in [0.2, 0.25) is 0 Å². The minimum atomic E-state index is 0.205. The molecule has 0 amide bonds. The number of rotatable bonds is 5.